The second-order valence-corrected chi connectivity index (χ2v) is 4.83. The predicted octanol–water partition coefficient (Wildman–Crippen LogP) is 2.97. The molecule has 1 unspecified atom stereocenters. The van der Waals surface area contributed by atoms with Gasteiger partial charge in [0.1, 0.15) is 0 Å². The second kappa shape index (κ2) is 9.42. The van der Waals surface area contributed by atoms with Crippen LogP contribution in [0.1, 0.15) is 39.2 Å². The van der Waals surface area contributed by atoms with E-state index in [1.807, 2.05) is 0 Å². The lowest BCUT2D eigenvalue weighted by Crippen LogP contribution is -2.42. The molecule has 0 aliphatic heterocycles. The molecule has 0 fully saturated rings. The minimum atomic E-state index is 0.426. The van der Waals surface area contributed by atoms with Crippen LogP contribution in [0.3, 0.4) is 0 Å². The Morgan fingerprint density at radius 1 is 1.21 bits per heavy atom. The number of nitrogens with one attached hydrogen (secondary N) is 2. The summed E-state index contributed by atoms with van der Waals surface area (Å²) in [5.41, 5.74) is 1.40. The number of benzene rings is 1. The number of nitrogens with zero attached hydrogens (tertiary/aromatic N) is 1. The van der Waals surface area contributed by atoms with Crippen molar-refractivity contribution in [2.45, 2.75) is 46.1 Å². The van der Waals surface area contributed by atoms with Crippen LogP contribution in [0.25, 0.3) is 0 Å². The maximum Gasteiger partial charge on any atom is 0.191 e. The molecule has 1 rings (SSSR count). The molecule has 0 saturated heterocycles. The Balaban J connectivity index is 2.37. The van der Waals surface area contributed by atoms with Gasteiger partial charge in [-0.1, -0.05) is 37.3 Å². The zero-order valence-corrected chi connectivity index (χ0v) is 12.4. The molecule has 1 aromatic rings. The van der Waals surface area contributed by atoms with E-state index in [0.29, 0.717) is 6.04 Å². The highest BCUT2D eigenvalue weighted by Crippen LogP contribution is 2.04. The average molecular weight is 261 g/mol. The summed E-state index contributed by atoms with van der Waals surface area (Å²) in [6.07, 6.45) is 3.29. The number of aliphatic imine (C=N–C) groups is 1. The van der Waals surface area contributed by atoms with Crippen molar-refractivity contribution < 1.29 is 0 Å². The number of hydrogen-bond acceptors (Lipinski definition) is 1. The molecule has 0 aliphatic rings. The van der Waals surface area contributed by atoms with Gasteiger partial charge in [-0.3, -0.25) is 4.99 Å². The molecule has 0 amide bonds. The van der Waals surface area contributed by atoms with Gasteiger partial charge in [0.2, 0.25) is 0 Å². The van der Waals surface area contributed by atoms with E-state index in [4.69, 9.17) is 0 Å². The van der Waals surface area contributed by atoms with E-state index in [1.54, 1.807) is 0 Å². The third-order valence-electron chi connectivity index (χ3n) is 2.93. The second-order valence-electron chi connectivity index (χ2n) is 4.83. The first-order valence-corrected chi connectivity index (χ1v) is 7.35. The minimum absolute atomic E-state index is 0.426. The first-order valence-electron chi connectivity index (χ1n) is 7.35. The molecule has 3 nitrogen and oxygen atoms in total. The molecular weight excluding hydrogens is 234 g/mol. The van der Waals surface area contributed by atoms with Gasteiger partial charge in [-0.15, -0.1) is 0 Å². The Labute approximate surface area is 117 Å². The summed E-state index contributed by atoms with van der Waals surface area (Å²) in [6.45, 7) is 8.23. The van der Waals surface area contributed by atoms with E-state index >= 15 is 0 Å². The quantitative estimate of drug-likeness (QED) is 0.585. The van der Waals surface area contributed by atoms with E-state index in [1.165, 1.54) is 5.56 Å². The van der Waals surface area contributed by atoms with Crippen LogP contribution in [0.4, 0.5) is 0 Å². The number of guanidine groups is 1. The van der Waals surface area contributed by atoms with Crippen molar-refractivity contribution in [1.82, 2.24) is 10.6 Å². The van der Waals surface area contributed by atoms with Gasteiger partial charge in [-0.05, 0) is 38.7 Å². The first-order chi connectivity index (χ1) is 9.26. The highest BCUT2D eigenvalue weighted by Gasteiger charge is 2.05. The van der Waals surface area contributed by atoms with E-state index in [-0.39, 0.29) is 0 Å². The molecule has 0 radical (unpaired) electrons. The fraction of sp³-hybridized carbons (Fsp3) is 0.562. The van der Waals surface area contributed by atoms with Crippen LogP contribution in [0, 0.1) is 0 Å². The van der Waals surface area contributed by atoms with Crippen LogP contribution in [0.5, 0.6) is 0 Å². The molecule has 0 spiro atoms. The van der Waals surface area contributed by atoms with Crippen molar-refractivity contribution in [3.05, 3.63) is 35.9 Å². The minimum Gasteiger partial charge on any atom is -0.357 e. The maximum atomic E-state index is 4.52. The molecule has 2 N–H and O–H groups in total. The van der Waals surface area contributed by atoms with Gasteiger partial charge in [-0.2, -0.15) is 0 Å². The molecule has 0 aliphatic carbocycles. The van der Waals surface area contributed by atoms with Crippen LogP contribution >= 0.6 is 0 Å². The molecule has 0 aromatic heterocycles. The maximum absolute atomic E-state index is 4.52. The van der Waals surface area contributed by atoms with Gasteiger partial charge in [0.05, 0.1) is 0 Å². The molecule has 1 atom stereocenters. The lowest BCUT2D eigenvalue weighted by molar-refractivity contribution is 0.593. The van der Waals surface area contributed by atoms with Crippen LogP contribution in [-0.4, -0.2) is 25.1 Å². The lowest BCUT2D eigenvalue weighted by atomic mass is 10.1. The highest BCUT2D eigenvalue weighted by molar-refractivity contribution is 5.80. The van der Waals surface area contributed by atoms with Crippen molar-refractivity contribution >= 4 is 5.96 Å². The zero-order chi connectivity index (χ0) is 13.9. The topological polar surface area (TPSA) is 36.4 Å². The standard InChI is InChI=1S/C16H27N3/c1-4-13-18-16(17-5-2)19-14(3)11-12-15-9-7-6-8-10-15/h6-10,14H,4-5,11-13H2,1-3H3,(H2,17,18,19). The van der Waals surface area contributed by atoms with E-state index < -0.39 is 0 Å². The molecule has 0 saturated carbocycles. The number of aryl methyl sites for hydroxylation is 1. The smallest absolute Gasteiger partial charge is 0.191 e. The van der Waals surface area contributed by atoms with Crippen LogP contribution in [0.2, 0.25) is 0 Å². The largest absolute Gasteiger partial charge is 0.357 e. The summed E-state index contributed by atoms with van der Waals surface area (Å²) >= 11 is 0. The molecule has 0 heterocycles. The summed E-state index contributed by atoms with van der Waals surface area (Å²) < 4.78 is 0. The Hall–Kier alpha value is -1.51. The number of hydrogen-bond donors (Lipinski definition) is 2. The fourth-order valence-electron chi connectivity index (χ4n) is 1.88. The van der Waals surface area contributed by atoms with Gasteiger partial charge in [-0.25, -0.2) is 0 Å². The number of rotatable bonds is 7. The highest BCUT2D eigenvalue weighted by atomic mass is 15.2. The lowest BCUT2D eigenvalue weighted by Gasteiger charge is -2.17. The van der Waals surface area contributed by atoms with Gasteiger partial charge in [0, 0.05) is 19.1 Å². The molecule has 0 bridgehead atoms. The Morgan fingerprint density at radius 3 is 2.58 bits per heavy atom. The van der Waals surface area contributed by atoms with E-state index in [2.05, 4.69) is 66.7 Å². The summed E-state index contributed by atoms with van der Waals surface area (Å²) in [5.74, 6) is 0.935. The van der Waals surface area contributed by atoms with E-state index in [0.717, 1.165) is 38.3 Å². The molecule has 1 aromatic carbocycles. The van der Waals surface area contributed by atoms with Gasteiger partial charge in [0.25, 0.3) is 0 Å². The zero-order valence-electron chi connectivity index (χ0n) is 12.4. The molecule has 3 heteroatoms. The van der Waals surface area contributed by atoms with Crippen molar-refractivity contribution in [2.75, 3.05) is 13.1 Å². The Bertz CT molecular complexity index is 360. The van der Waals surface area contributed by atoms with Crippen LogP contribution in [0.15, 0.2) is 35.3 Å². The van der Waals surface area contributed by atoms with Crippen molar-refractivity contribution in [3.8, 4) is 0 Å². The Kier molecular flexibility index (Phi) is 7.71. The predicted molar refractivity (Wildman–Crippen MR) is 83.6 cm³/mol. The normalized spacial score (nSPS) is 13.1. The van der Waals surface area contributed by atoms with Crippen molar-refractivity contribution in [2.24, 2.45) is 4.99 Å². The van der Waals surface area contributed by atoms with Crippen LogP contribution in [-0.2, 0) is 6.42 Å². The van der Waals surface area contributed by atoms with Crippen molar-refractivity contribution in [3.63, 3.8) is 0 Å². The van der Waals surface area contributed by atoms with Crippen LogP contribution < -0.4 is 10.6 Å². The monoisotopic (exact) mass is 261 g/mol. The third kappa shape index (κ3) is 6.85. The fourth-order valence-corrected chi connectivity index (χ4v) is 1.88. The van der Waals surface area contributed by atoms with Gasteiger partial charge >= 0.3 is 0 Å². The van der Waals surface area contributed by atoms with Crippen molar-refractivity contribution in [1.29, 1.82) is 0 Å². The summed E-state index contributed by atoms with van der Waals surface area (Å²) in [6, 6.07) is 11.0. The SMILES string of the molecule is CCCN=C(NCC)NC(C)CCc1ccccc1. The summed E-state index contributed by atoms with van der Waals surface area (Å²) in [7, 11) is 0. The first kappa shape index (κ1) is 15.5. The molecule has 19 heavy (non-hydrogen) atoms. The molecule has 106 valence electrons. The van der Waals surface area contributed by atoms with E-state index in [9.17, 15) is 0 Å². The summed E-state index contributed by atoms with van der Waals surface area (Å²) in [5, 5.41) is 6.75. The third-order valence-corrected chi connectivity index (χ3v) is 2.93. The Morgan fingerprint density at radius 2 is 1.95 bits per heavy atom. The molecular formula is C16H27N3. The summed E-state index contributed by atoms with van der Waals surface area (Å²) in [4.78, 5) is 4.52. The van der Waals surface area contributed by atoms with Gasteiger partial charge in [0.15, 0.2) is 5.96 Å². The average Bonchev–Trinajstić information content (AvgIpc) is 2.44. The van der Waals surface area contributed by atoms with Gasteiger partial charge < -0.3 is 10.6 Å².